The lowest BCUT2D eigenvalue weighted by molar-refractivity contribution is 0.132. The summed E-state index contributed by atoms with van der Waals surface area (Å²) in [5, 5.41) is 10.6. The molecule has 1 saturated heterocycles. The van der Waals surface area contributed by atoms with Crippen molar-refractivity contribution < 1.29 is 9.53 Å². The number of likely N-dealkylation sites (N-methyl/N-ethyl adjacent to an activating group) is 1. The van der Waals surface area contributed by atoms with Crippen molar-refractivity contribution in [3.63, 3.8) is 0 Å². The smallest absolute Gasteiger partial charge is 0.407 e. The number of ether oxygens (including phenoxy) is 1. The zero-order valence-electron chi connectivity index (χ0n) is 22.4. The van der Waals surface area contributed by atoms with Gasteiger partial charge in [0.2, 0.25) is 0 Å². The van der Waals surface area contributed by atoms with E-state index in [0.717, 1.165) is 73.7 Å². The average molecular weight is 549 g/mol. The van der Waals surface area contributed by atoms with Gasteiger partial charge < -0.3 is 25.6 Å². The number of nitrogens with one attached hydrogen (secondary N) is 3. The highest BCUT2D eigenvalue weighted by Crippen LogP contribution is 2.31. The molecule has 0 unspecified atom stereocenters. The Morgan fingerprint density at radius 1 is 1.08 bits per heavy atom. The summed E-state index contributed by atoms with van der Waals surface area (Å²) in [5.74, 6) is 1.72. The molecule has 9 heteroatoms. The van der Waals surface area contributed by atoms with Crippen LogP contribution in [0.3, 0.4) is 0 Å². The summed E-state index contributed by atoms with van der Waals surface area (Å²) in [6, 6.07) is 18.6. The van der Waals surface area contributed by atoms with E-state index in [2.05, 4.69) is 38.9 Å². The van der Waals surface area contributed by atoms with E-state index in [1.165, 1.54) is 6.42 Å². The van der Waals surface area contributed by atoms with Gasteiger partial charge in [0.15, 0.2) is 0 Å². The van der Waals surface area contributed by atoms with Crippen LogP contribution in [0.25, 0.3) is 11.3 Å². The second-order valence-corrected chi connectivity index (χ2v) is 10.8. The predicted molar refractivity (Wildman–Crippen MR) is 156 cm³/mol. The number of benzene rings is 1. The van der Waals surface area contributed by atoms with Crippen LogP contribution >= 0.6 is 11.6 Å². The molecule has 1 aliphatic heterocycles. The summed E-state index contributed by atoms with van der Waals surface area (Å²) in [7, 11) is 2.11. The maximum Gasteiger partial charge on any atom is 0.407 e. The van der Waals surface area contributed by atoms with Crippen LogP contribution in [0.1, 0.15) is 44.1 Å². The van der Waals surface area contributed by atoms with Crippen LogP contribution in [0, 0.1) is 0 Å². The van der Waals surface area contributed by atoms with Crippen molar-refractivity contribution in [2.24, 2.45) is 0 Å². The van der Waals surface area contributed by atoms with Gasteiger partial charge in [-0.05, 0) is 68.8 Å². The van der Waals surface area contributed by atoms with Gasteiger partial charge in [-0.2, -0.15) is 0 Å². The lowest BCUT2D eigenvalue weighted by Gasteiger charge is -2.32. The van der Waals surface area contributed by atoms with Crippen molar-refractivity contribution in [3.8, 4) is 11.3 Å². The molecule has 5 rings (SSSR count). The van der Waals surface area contributed by atoms with Crippen LogP contribution in [0.4, 0.5) is 16.4 Å². The van der Waals surface area contributed by atoms with Crippen LogP contribution < -0.4 is 20.9 Å². The van der Waals surface area contributed by atoms with E-state index in [-0.39, 0.29) is 24.8 Å². The molecule has 206 valence electrons. The number of aromatic nitrogens is 2. The van der Waals surface area contributed by atoms with E-state index in [0.29, 0.717) is 11.1 Å². The van der Waals surface area contributed by atoms with E-state index >= 15 is 0 Å². The van der Waals surface area contributed by atoms with Gasteiger partial charge in [0, 0.05) is 43.5 Å². The van der Waals surface area contributed by atoms with Gasteiger partial charge in [-0.1, -0.05) is 48.0 Å². The topological polar surface area (TPSA) is 91.4 Å². The van der Waals surface area contributed by atoms with Gasteiger partial charge in [-0.25, -0.2) is 14.8 Å². The van der Waals surface area contributed by atoms with Crippen molar-refractivity contribution in [3.05, 3.63) is 71.4 Å². The summed E-state index contributed by atoms with van der Waals surface area (Å²) >= 11 is 6.58. The average Bonchev–Trinajstić information content (AvgIpc) is 2.99. The third-order valence-electron chi connectivity index (χ3n) is 7.66. The monoisotopic (exact) mass is 548 g/mol. The van der Waals surface area contributed by atoms with E-state index in [1.54, 1.807) is 6.20 Å². The predicted octanol–water partition coefficient (Wildman–Crippen LogP) is 5.63. The van der Waals surface area contributed by atoms with Gasteiger partial charge >= 0.3 is 6.09 Å². The fraction of sp³-hybridized carbons (Fsp3) is 0.433. The molecule has 39 heavy (non-hydrogen) atoms. The Balaban J connectivity index is 1.15. The Morgan fingerprint density at radius 3 is 2.64 bits per heavy atom. The van der Waals surface area contributed by atoms with Crippen LogP contribution in [-0.4, -0.2) is 54.3 Å². The summed E-state index contributed by atoms with van der Waals surface area (Å²) in [4.78, 5) is 24.0. The lowest BCUT2D eigenvalue weighted by Crippen LogP contribution is -2.44. The van der Waals surface area contributed by atoms with Crippen LogP contribution in [-0.2, 0) is 11.3 Å². The molecular weight excluding hydrogens is 512 g/mol. The first kappa shape index (κ1) is 27.2. The second kappa shape index (κ2) is 13.1. The Hall–Kier alpha value is -3.36. The fourth-order valence-electron chi connectivity index (χ4n) is 5.36. The quantitative estimate of drug-likeness (QED) is 0.336. The summed E-state index contributed by atoms with van der Waals surface area (Å²) in [6.45, 7) is 2.33. The lowest BCUT2D eigenvalue weighted by atomic mass is 9.91. The van der Waals surface area contributed by atoms with Gasteiger partial charge in [0.25, 0.3) is 0 Å². The fourth-order valence-corrected chi connectivity index (χ4v) is 5.56. The molecule has 0 bridgehead atoms. The summed E-state index contributed by atoms with van der Waals surface area (Å²) in [6.07, 6.45) is 7.28. The molecule has 2 aromatic heterocycles. The first-order chi connectivity index (χ1) is 19.0. The number of carbonyl (C=O) groups excluding carboxylic acids is 1. The highest BCUT2D eigenvalue weighted by Gasteiger charge is 2.24. The van der Waals surface area contributed by atoms with Crippen molar-refractivity contribution in [2.75, 3.05) is 30.4 Å². The third kappa shape index (κ3) is 7.40. The number of rotatable bonds is 8. The van der Waals surface area contributed by atoms with E-state index < -0.39 is 0 Å². The molecule has 3 heterocycles. The first-order valence-electron chi connectivity index (χ1n) is 13.9. The minimum absolute atomic E-state index is 0.114. The number of alkyl carbamates (subject to hydrolysis) is 1. The van der Waals surface area contributed by atoms with Gasteiger partial charge in [-0.3, -0.25) is 0 Å². The van der Waals surface area contributed by atoms with Crippen molar-refractivity contribution >= 4 is 29.3 Å². The zero-order valence-corrected chi connectivity index (χ0v) is 23.2. The third-order valence-corrected chi connectivity index (χ3v) is 7.96. The van der Waals surface area contributed by atoms with Crippen molar-refractivity contribution in [1.29, 1.82) is 0 Å². The van der Waals surface area contributed by atoms with E-state index in [9.17, 15) is 4.79 Å². The maximum absolute atomic E-state index is 12.2. The number of amides is 1. The Morgan fingerprint density at radius 2 is 1.87 bits per heavy atom. The molecule has 1 aliphatic carbocycles. The number of carbonyl (C=O) groups is 1. The molecular formula is C30H37ClN6O2. The first-order valence-corrected chi connectivity index (χ1v) is 14.2. The Bertz CT molecular complexity index is 1230. The molecule has 3 N–H and O–H groups in total. The maximum atomic E-state index is 12.2. The van der Waals surface area contributed by atoms with Gasteiger partial charge in [-0.15, -0.1) is 0 Å². The Labute approximate surface area is 235 Å². The molecule has 0 radical (unpaired) electrons. The van der Waals surface area contributed by atoms with Crippen molar-refractivity contribution in [1.82, 2.24) is 20.6 Å². The molecule has 3 aromatic rings. The number of piperidine rings is 1. The molecule has 2 fully saturated rings. The van der Waals surface area contributed by atoms with Crippen molar-refractivity contribution in [2.45, 2.75) is 63.3 Å². The normalized spacial score (nSPS) is 21.1. The second-order valence-electron chi connectivity index (χ2n) is 10.4. The number of nitrogens with zero attached hydrogens (tertiary/aromatic N) is 3. The molecule has 1 saturated carbocycles. The van der Waals surface area contributed by atoms with Crippen LogP contribution in [0.15, 0.2) is 60.8 Å². The molecule has 2 aliphatic rings. The van der Waals surface area contributed by atoms with Crippen LogP contribution in [0.2, 0.25) is 5.02 Å². The minimum Gasteiger partial charge on any atom is -0.445 e. The number of halogens is 1. The standard InChI is InChI=1S/C30H37ClN6O2/c1-37(24-9-6-16-32-18-24)29-11-5-10-27(36-29)25-17-28(33-19-26(25)31)34-22-12-14-23(15-13-22)35-30(38)39-20-21-7-3-2-4-8-21/h2-5,7-8,10-11,17,19,22-24,32H,6,9,12-16,18,20H2,1H3,(H,33,34)(H,35,38)/t22-,23-,24-/m0/s1. The van der Waals surface area contributed by atoms with Crippen LogP contribution in [0.5, 0.6) is 0 Å². The zero-order chi connectivity index (χ0) is 27.0. The largest absolute Gasteiger partial charge is 0.445 e. The highest BCUT2D eigenvalue weighted by molar-refractivity contribution is 6.33. The number of hydrogen-bond donors (Lipinski definition) is 3. The number of hydrogen-bond acceptors (Lipinski definition) is 7. The van der Waals surface area contributed by atoms with Gasteiger partial charge in [0.05, 0.1) is 10.7 Å². The SMILES string of the molecule is CN(c1cccc(-c2cc(N[C@H]3CC[C@H](NC(=O)OCc4ccccc4)CC3)ncc2Cl)n1)[C@H]1CCCNC1. The summed E-state index contributed by atoms with van der Waals surface area (Å²) in [5.41, 5.74) is 2.68. The van der Waals surface area contributed by atoms with E-state index in [4.69, 9.17) is 21.3 Å². The van der Waals surface area contributed by atoms with Gasteiger partial charge in [0.1, 0.15) is 18.2 Å². The number of pyridine rings is 2. The molecule has 1 atom stereocenters. The molecule has 1 aromatic carbocycles. The molecule has 0 spiro atoms. The molecule has 1 amide bonds. The van der Waals surface area contributed by atoms with E-state index in [1.807, 2.05) is 48.5 Å². The molecule has 8 nitrogen and oxygen atoms in total. The highest BCUT2D eigenvalue weighted by atomic mass is 35.5. The number of anilines is 2. The summed E-state index contributed by atoms with van der Waals surface area (Å²) < 4.78 is 5.38. The Kier molecular flexibility index (Phi) is 9.16. The minimum atomic E-state index is -0.362.